The third-order valence-corrected chi connectivity index (χ3v) is 3.33. The van der Waals surface area contributed by atoms with Gasteiger partial charge in [0.25, 0.3) is 5.69 Å². The fourth-order valence-electron chi connectivity index (χ4n) is 2.23. The van der Waals surface area contributed by atoms with E-state index in [0.29, 0.717) is 0 Å². The van der Waals surface area contributed by atoms with E-state index >= 15 is 0 Å². The molecule has 0 spiro atoms. The summed E-state index contributed by atoms with van der Waals surface area (Å²) in [4.78, 5) is 25.9. The van der Waals surface area contributed by atoms with Crippen LogP contribution in [0.15, 0.2) is 24.3 Å². The fraction of sp³-hybridized carbons (Fsp3) is 0.125. The number of ether oxygens (including phenoxy) is 2. The molecule has 0 radical (unpaired) electrons. The first-order valence-corrected chi connectivity index (χ1v) is 6.98. The summed E-state index contributed by atoms with van der Waals surface area (Å²) in [6.07, 6.45) is -0.884. The number of hydrogen-bond acceptors (Lipinski definition) is 8. The van der Waals surface area contributed by atoms with Crippen LogP contribution in [0.2, 0.25) is 0 Å². The van der Waals surface area contributed by atoms with Crippen molar-refractivity contribution in [3.63, 3.8) is 0 Å². The molecule has 26 heavy (non-hydrogen) atoms. The van der Waals surface area contributed by atoms with Crippen LogP contribution < -0.4 is 10.1 Å². The van der Waals surface area contributed by atoms with E-state index in [9.17, 15) is 25.4 Å². The number of methoxy groups -OCH3 is 2. The molecule has 0 unspecified atom stereocenters. The normalized spacial score (nSPS) is 9.54. The van der Waals surface area contributed by atoms with E-state index in [-0.39, 0.29) is 39.6 Å². The van der Waals surface area contributed by atoms with E-state index in [1.807, 2.05) is 12.1 Å². The molecule has 1 amide bonds. The maximum Gasteiger partial charge on any atom is 0.412 e. The van der Waals surface area contributed by atoms with Gasteiger partial charge in [-0.05, 0) is 5.56 Å². The standard InChI is InChI=1S/C16H11N5O5/c1-25-15-12(8-18)13(9-4-3-5-10(6-9)21(23)24)11(7-17)14(19-15)20-16(22)26-2/h3-6H,1-2H3,(H,19,20,22). The summed E-state index contributed by atoms with van der Waals surface area (Å²) in [5.74, 6) is -0.351. The van der Waals surface area contributed by atoms with Crippen molar-refractivity contribution in [1.29, 1.82) is 10.5 Å². The Morgan fingerprint density at radius 3 is 2.50 bits per heavy atom. The van der Waals surface area contributed by atoms with Crippen molar-refractivity contribution in [2.45, 2.75) is 0 Å². The predicted octanol–water partition coefficient (Wildman–Crippen LogP) is 2.59. The monoisotopic (exact) mass is 353 g/mol. The van der Waals surface area contributed by atoms with E-state index in [2.05, 4.69) is 15.0 Å². The number of benzene rings is 1. The highest BCUT2D eigenvalue weighted by Crippen LogP contribution is 2.37. The van der Waals surface area contributed by atoms with E-state index in [0.717, 1.165) is 7.11 Å². The number of anilines is 1. The molecule has 0 saturated carbocycles. The highest BCUT2D eigenvalue weighted by Gasteiger charge is 2.24. The molecule has 2 aromatic rings. The summed E-state index contributed by atoms with van der Waals surface area (Å²) >= 11 is 0. The van der Waals surface area contributed by atoms with Crippen molar-refractivity contribution in [2.75, 3.05) is 19.5 Å². The first-order valence-electron chi connectivity index (χ1n) is 6.98. The van der Waals surface area contributed by atoms with Gasteiger partial charge in [-0.3, -0.25) is 15.4 Å². The summed E-state index contributed by atoms with van der Waals surface area (Å²) in [6, 6.07) is 9.12. The molecule has 0 aliphatic carbocycles. The number of aromatic nitrogens is 1. The lowest BCUT2D eigenvalue weighted by Gasteiger charge is -2.14. The van der Waals surface area contributed by atoms with Crippen LogP contribution in [-0.4, -0.2) is 30.2 Å². The van der Waals surface area contributed by atoms with E-state index in [1.165, 1.54) is 31.4 Å². The third-order valence-electron chi connectivity index (χ3n) is 3.33. The van der Waals surface area contributed by atoms with Gasteiger partial charge >= 0.3 is 6.09 Å². The van der Waals surface area contributed by atoms with Gasteiger partial charge in [-0.25, -0.2) is 4.79 Å². The number of nitrogens with one attached hydrogen (secondary N) is 1. The minimum Gasteiger partial charge on any atom is -0.480 e. The van der Waals surface area contributed by atoms with Crippen LogP contribution in [0.4, 0.5) is 16.3 Å². The van der Waals surface area contributed by atoms with Gasteiger partial charge in [0.1, 0.15) is 23.3 Å². The van der Waals surface area contributed by atoms with Crippen LogP contribution in [0.25, 0.3) is 11.1 Å². The van der Waals surface area contributed by atoms with Crippen molar-refractivity contribution in [1.82, 2.24) is 4.98 Å². The summed E-state index contributed by atoms with van der Waals surface area (Å²) in [6.45, 7) is 0. The molecule has 130 valence electrons. The van der Waals surface area contributed by atoms with Gasteiger partial charge in [0.2, 0.25) is 5.88 Å². The number of non-ortho nitro benzene ring substituents is 1. The average molecular weight is 353 g/mol. The Bertz CT molecular complexity index is 974. The van der Waals surface area contributed by atoms with E-state index in [4.69, 9.17) is 4.74 Å². The van der Waals surface area contributed by atoms with Gasteiger partial charge in [0, 0.05) is 17.7 Å². The van der Waals surface area contributed by atoms with Gasteiger partial charge in [-0.1, -0.05) is 12.1 Å². The van der Waals surface area contributed by atoms with Crippen molar-refractivity contribution < 1.29 is 19.2 Å². The zero-order valence-corrected chi connectivity index (χ0v) is 13.6. The Kier molecular flexibility index (Phi) is 5.30. The fourth-order valence-corrected chi connectivity index (χ4v) is 2.23. The quantitative estimate of drug-likeness (QED) is 0.650. The van der Waals surface area contributed by atoms with Crippen molar-refractivity contribution in [3.05, 3.63) is 45.5 Å². The number of carbonyl (C=O) groups excluding carboxylic acids is 1. The number of rotatable bonds is 4. The van der Waals surface area contributed by atoms with Crippen LogP contribution in [-0.2, 0) is 4.74 Å². The van der Waals surface area contributed by atoms with Crippen LogP contribution in [0.3, 0.4) is 0 Å². The van der Waals surface area contributed by atoms with Crippen molar-refractivity contribution in [3.8, 4) is 29.1 Å². The summed E-state index contributed by atoms with van der Waals surface area (Å²) in [5.41, 5.74) is -0.209. The molecule has 0 fully saturated rings. The number of nitrogens with zero attached hydrogens (tertiary/aromatic N) is 4. The van der Waals surface area contributed by atoms with Crippen LogP contribution in [0.1, 0.15) is 11.1 Å². The van der Waals surface area contributed by atoms with Gasteiger partial charge in [0.05, 0.1) is 19.1 Å². The van der Waals surface area contributed by atoms with Crippen molar-refractivity contribution >= 4 is 17.6 Å². The lowest BCUT2D eigenvalue weighted by Crippen LogP contribution is -2.15. The Morgan fingerprint density at radius 2 is 1.96 bits per heavy atom. The second kappa shape index (κ2) is 7.59. The molecule has 2 rings (SSSR count). The smallest absolute Gasteiger partial charge is 0.412 e. The first kappa shape index (κ1) is 18.2. The molecular weight excluding hydrogens is 342 g/mol. The second-order valence-corrected chi connectivity index (χ2v) is 4.74. The Balaban J connectivity index is 2.85. The van der Waals surface area contributed by atoms with Gasteiger partial charge in [0.15, 0.2) is 5.82 Å². The maximum absolute atomic E-state index is 11.5. The number of nitro groups is 1. The third kappa shape index (κ3) is 3.34. The number of amides is 1. The molecule has 1 N–H and O–H groups in total. The molecule has 10 nitrogen and oxygen atoms in total. The summed E-state index contributed by atoms with van der Waals surface area (Å²) in [5, 5.41) is 32.3. The number of pyridine rings is 1. The predicted molar refractivity (Wildman–Crippen MR) is 88.3 cm³/mol. The van der Waals surface area contributed by atoms with Gasteiger partial charge in [-0.15, -0.1) is 0 Å². The zero-order valence-electron chi connectivity index (χ0n) is 13.6. The molecule has 10 heteroatoms. The highest BCUT2D eigenvalue weighted by molar-refractivity contribution is 5.90. The number of nitriles is 2. The SMILES string of the molecule is COC(=O)Nc1nc(OC)c(C#N)c(-c2cccc([N+](=O)[O-])c2)c1C#N. The highest BCUT2D eigenvalue weighted by atomic mass is 16.6. The Labute approximate surface area is 147 Å². The minimum absolute atomic E-state index is 0.0527. The number of nitro benzene ring substituents is 1. The molecule has 0 bridgehead atoms. The lowest BCUT2D eigenvalue weighted by molar-refractivity contribution is -0.384. The maximum atomic E-state index is 11.5. The molecule has 0 atom stereocenters. The molecule has 1 aromatic carbocycles. The molecular formula is C16H11N5O5. The molecule has 1 aromatic heterocycles. The Hall–Kier alpha value is -4.18. The molecule has 0 aliphatic heterocycles. The number of hydrogen-bond donors (Lipinski definition) is 1. The lowest BCUT2D eigenvalue weighted by atomic mass is 9.96. The zero-order chi connectivity index (χ0) is 19.3. The average Bonchev–Trinajstić information content (AvgIpc) is 2.66. The molecule has 1 heterocycles. The molecule has 0 saturated heterocycles. The van der Waals surface area contributed by atoms with Crippen LogP contribution in [0, 0.1) is 32.8 Å². The topological polar surface area (TPSA) is 151 Å². The van der Waals surface area contributed by atoms with Crippen molar-refractivity contribution in [2.24, 2.45) is 0 Å². The largest absolute Gasteiger partial charge is 0.480 e. The minimum atomic E-state index is -0.884. The summed E-state index contributed by atoms with van der Waals surface area (Å²) < 4.78 is 9.55. The van der Waals surface area contributed by atoms with Crippen LogP contribution in [0.5, 0.6) is 5.88 Å². The second-order valence-electron chi connectivity index (χ2n) is 4.74. The van der Waals surface area contributed by atoms with E-state index < -0.39 is 11.0 Å². The Morgan fingerprint density at radius 1 is 1.27 bits per heavy atom. The molecule has 0 aliphatic rings. The van der Waals surface area contributed by atoms with Crippen LogP contribution >= 0.6 is 0 Å². The van der Waals surface area contributed by atoms with Gasteiger partial charge in [-0.2, -0.15) is 15.5 Å². The van der Waals surface area contributed by atoms with E-state index in [1.54, 1.807) is 0 Å². The summed E-state index contributed by atoms with van der Waals surface area (Å²) in [7, 11) is 2.39. The van der Waals surface area contributed by atoms with Gasteiger partial charge < -0.3 is 9.47 Å². The first-order chi connectivity index (χ1) is 12.5. The number of carbonyl (C=O) groups is 1.